The van der Waals surface area contributed by atoms with Crippen molar-refractivity contribution in [3.05, 3.63) is 44.6 Å². The van der Waals surface area contributed by atoms with Crippen LogP contribution < -0.4 is 0 Å². The minimum absolute atomic E-state index is 0.544. The summed E-state index contributed by atoms with van der Waals surface area (Å²) in [7, 11) is 0. The van der Waals surface area contributed by atoms with Crippen molar-refractivity contribution >= 4 is 28.1 Å². The molecule has 1 aliphatic rings. The number of nitrogens with zero attached hydrogens (tertiary/aromatic N) is 1. The van der Waals surface area contributed by atoms with Gasteiger partial charge in [0.1, 0.15) is 10.5 Å². The fraction of sp³-hybridized carbons (Fsp3) is 0.375. The Bertz CT molecular complexity index is 685. The SMILES string of the molecule is CC(C)c1ccc(-c2nc(=S)c(Br)c(C3CC3)[nH]2)cc1. The Morgan fingerprint density at radius 3 is 2.45 bits per heavy atom. The van der Waals surface area contributed by atoms with E-state index in [1.54, 1.807) is 0 Å². The van der Waals surface area contributed by atoms with Crippen LogP contribution in [0.15, 0.2) is 28.7 Å². The van der Waals surface area contributed by atoms with Gasteiger partial charge >= 0.3 is 0 Å². The molecule has 0 aliphatic heterocycles. The lowest BCUT2D eigenvalue weighted by Crippen LogP contribution is -1.97. The zero-order valence-electron chi connectivity index (χ0n) is 11.6. The predicted molar refractivity (Wildman–Crippen MR) is 88.6 cm³/mol. The number of aromatic amines is 1. The summed E-state index contributed by atoms with van der Waals surface area (Å²) in [5, 5.41) is 0. The average molecular weight is 349 g/mol. The van der Waals surface area contributed by atoms with Gasteiger partial charge in [-0.1, -0.05) is 50.3 Å². The number of benzene rings is 1. The lowest BCUT2D eigenvalue weighted by atomic mass is 10.0. The number of hydrogen-bond donors (Lipinski definition) is 1. The third kappa shape index (κ3) is 2.72. The molecule has 0 unspecified atom stereocenters. The van der Waals surface area contributed by atoms with Crippen molar-refractivity contribution < 1.29 is 0 Å². The fourth-order valence-electron chi connectivity index (χ4n) is 2.29. The summed E-state index contributed by atoms with van der Waals surface area (Å²) < 4.78 is 1.60. The first kappa shape index (κ1) is 14.0. The Balaban J connectivity index is 2.03. The zero-order valence-corrected chi connectivity index (χ0v) is 14.0. The maximum Gasteiger partial charge on any atom is 0.144 e. The molecule has 0 spiro atoms. The van der Waals surface area contributed by atoms with E-state index in [1.165, 1.54) is 24.1 Å². The van der Waals surface area contributed by atoms with Gasteiger partial charge in [0.05, 0.1) is 4.47 Å². The van der Waals surface area contributed by atoms with Crippen molar-refractivity contribution in [2.45, 2.75) is 38.5 Å². The molecule has 2 nitrogen and oxygen atoms in total. The molecule has 2 aromatic rings. The monoisotopic (exact) mass is 348 g/mol. The van der Waals surface area contributed by atoms with Gasteiger partial charge in [-0.2, -0.15) is 0 Å². The third-order valence-electron chi connectivity index (χ3n) is 3.73. The Kier molecular flexibility index (Phi) is 3.78. The van der Waals surface area contributed by atoms with Crippen LogP contribution in [0.1, 0.15) is 49.8 Å². The van der Waals surface area contributed by atoms with Gasteiger partial charge in [0.15, 0.2) is 0 Å². The third-order valence-corrected chi connectivity index (χ3v) is 5.09. The van der Waals surface area contributed by atoms with Crippen LogP contribution in [0.5, 0.6) is 0 Å². The maximum atomic E-state index is 5.36. The van der Waals surface area contributed by atoms with Crippen LogP contribution in [-0.4, -0.2) is 9.97 Å². The summed E-state index contributed by atoms with van der Waals surface area (Å²) in [5.74, 6) is 2.03. The van der Waals surface area contributed by atoms with Crippen LogP contribution in [0, 0.1) is 4.64 Å². The van der Waals surface area contributed by atoms with Crippen molar-refractivity contribution in [1.29, 1.82) is 0 Å². The summed E-state index contributed by atoms with van der Waals surface area (Å²) >= 11 is 8.92. The van der Waals surface area contributed by atoms with Crippen LogP contribution in [-0.2, 0) is 0 Å². The second-order valence-electron chi connectivity index (χ2n) is 5.67. The summed E-state index contributed by atoms with van der Waals surface area (Å²) in [6.07, 6.45) is 2.47. The van der Waals surface area contributed by atoms with E-state index in [4.69, 9.17) is 12.2 Å². The average Bonchev–Trinajstić information content (AvgIpc) is 3.26. The number of H-pyrrole nitrogens is 1. The van der Waals surface area contributed by atoms with E-state index >= 15 is 0 Å². The molecule has 0 radical (unpaired) electrons. The van der Waals surface area contributed by atoms with Crippen molar-refractivity contribution in [3.63, 3.8) is 0 Å². The highest BCUT2D eigenvalue weighted by Crippen LogP contribution is 2.42. The highest BCUT2D eigenvalue weighted by atomic mass is 79.9. The summed E-state index contributed by atoms with van der Waals surface area (Å²) in [5.41, 5.74) is 3.63. The lowest BCUT2D eigenvalue weighted by molar-refractivity contribution is 0.866. The quantitative estimate of drug-likeness (QED) is 0.734. The van der Waals surface area contributed by atoms with Gasteiger partial charge in [0, 0.05) is 17.2 Å². The first-order valence-corrected chi connectivity index (χ1v) is 8.16. The van der Waals surface area contributed by atoms with Crippen molar-refractivity contribution in [3.8, 4) is 11.4 Å². The van der Waals surface area contributed by atoms with Gasteiger partial charge in [-0.25, -0.2) is 4.98 Å². The summed E-state index contributed by atoms with van der Waals surface area (Å²) in [6, 6.07) is 8.57. The topological polar surface area (TPSA) is 28.7 Å². The molecular formula is C16H17BrN2S. The molecule has 0 amide bonds. The molecule has 1 aliphatic carbocycles. The highest BCUT2D eigenvalue weighted by molar-refractivity contribution is 9.10. The molecule has 3 rings (SSSR count). The van der Waals surface area contributed by atoms with E-state index in [0.29, 0.717) is 16.5 Å². The first-order valence-electron chi connectivity index (χ1n) is 6.96. The van der Waals surface area contributed by atoms with E-state index in [0.717, 1.165) is 15.9 Å². The molecule has 1 heterocycles. The van der Waals surface area contributed by atoms with Gasteiger partial charge in [-0.3, -0.25) is 0 Å². The molecule has 0 bridgehead atoms. The fourth-order valence-corrected chi connectivity index (χ4v) is 3.00. The van der Waals surface area contributed by atoms with Crippen LogP contribution in [0.2, 0.25) is 0 Å². The van der Waals surface area contributed by atoms with Crippen molar-refractivity contribution in [1.82, 2.24) is 9.97 Å². The number of rotatable bonds is 3. The largest absolute Gasteiger partial charge is 0.342 e. The second kappa shape index (κ2) is 5.41. The molecule has 104 valence electrons. The van der Waals surface area contributed by atoms with Crippen LogP contribution in [0.4, 0.5) is 0 Å². The van der Waals surface area contributed by atoms with E-state index in [-0.39, 0.29) is 0 Å². The van der Waals surface area contributed by atoms with Gasteiger partial charge in [0.2, 0.25) is 0 Å². The summed E-state index contributed by atoms with van der Waals surface area (Å²) in [4.78, 5) is 7.96. The second-order valence-corrected chi connectivity index (χ2v) is 6.85. The molecule has 1 N–H and O–H groups in total. The minimum atomic E-state index is 0.544. The molecule has 0 atom stereocenters. The molecule has 4 heteroatoms. The van der Waals surface area contributed by atoms with Crippen LogP contribution in [0.3, 0.4) is 0 Å². The molecule has 20 heavy (non-hydrogen) atoms. The van der Waals surface area contributed by atoms with E-state index in [9.17, 15) is 0 Å². The first-order chi connectivity index (χ1) is 9.56. The van der Waals surface area contributed by atoms with E-state index < -0.39 is 0 Å². The molecule has 1 aromatic heterocycles. The molecule has 1 aromatic carbocycles. The number of aromatic nitrogens is 2. The Labute approximate surface area is 132 Å². The zero-order chi connectivity index (χ0) is 14.3. The van der Waals surface area contributed by atoms with Gasteiger partial charge in [-0.05, 0) is 40.3 Å². The van der Waals surface area contributed by atoms with E-state index in [2.05, 4.69) is 64.0 Å². The normalized spacial score (nSPS) is 14.8. The highest BCUT2D eigenvalue weighted by Gasteiger charge is 2.27. The van der Waals surface area contributed by atoms with Crippen LogP contribution >= 0.6 is 28.1 Å². The predicted octanol–water partition coefficient (Wildman–Crippen LogP) is 5.57. The lowest BCUT2D eigenvalue weighted by Gasteiger charge is -2.09. The number of hydrogen-bond acceptors (Lipinski definition) is 2. The standard InChI is InChI=1S/C16H17BrN2S/c1-9(2)10-3-7-12(8-4-10)15-18-14(11-5-6-11)13(17)16(20)19-15/h3-4,7-9,11H,5-6H2,1-2H3,(H,18,19,20). The molecule has 0 saturated heterocycles. The molecule has 1 saturated carbocycles. The van der Waals surface area contributed by atoms with Gasteiger partial charge in [-0.15, -0.1) is 0 Å². The van der Waals surface area contributed by atoms with Gasteiger partial charge < -0.3 is 4.98 Å². The van der Waals surface area contributed by atoms with Crippen LogP contribution in [0.25, 0.3) is 11.4 Å². The van der Waals surface area contributed by atoms with Crippen molar-refractivity contribution in [2.24, 2.45) is 0 Å². The Hall–Kier alpha value is -1.00. The van der Waals surface area contributed by atoms with Crippen molar-refractivity contribution in [2.75, 3.05) is 0 Å². The minimum Gasteiger partial charge on any atom is -0.342 e. The smallest absolute Gasteiger partial charge is 0.144 e. The number of nitrogens with one attached hydrogen (secondary N) is 1. The Morgan fingerprint density at radius 1 is 1.25 bits per heavy atom. The summed E-state index contributed by atoms with van der Waals surface area (Å²) in [6.45, 7) is 4.40. The molecular weight excluding hydrogens is 332 g/mol. The molecule has 1 fully saturated rings. The van der Waals surface area contributed by atoms with Gasteiger partial charge in [0.25, 0.3) is 0 Å². The number of halogens is 1. The van der Waals surface area contributed by atoms with E-state index in [1.807, 2.05) is 0 Å². The Morgan fingerprint density at radius 2 is 1.90 bits per heavy atom. The maximum absolute atomic E-state index is 5.36.